The normalized spacial score (nSPS) is 11.0. The van der Waals surface area contributed by atoms with Crippen LogP contribution in [-0.4, -0.2) is 56.0 Å². The fraction of sp³-hybridized carbons (Fsp3) is 0.529. The number of rotatable bonds is 7. The third kappa shape index (κ3) is 8.21. The first-order valence-corrected chi connectivity index (χ1v) is 7.53. The number of benzene rings is 1. The smallest absolute Gasteiger partial charge is 0.410 e. The van der Waals surface area contributed by atoms with Crippen LogP contribution >= 0.6 is 0 Å². The topological polar surface area (TPSA) is 65.1 Å². The highest BCUT2D eigenvalue weighted by Crippen LogP contribution is 2.08. The van der Waals surface area contributed by atoms with Crippen LogP contribution in [0.1, 0.15) is 31.1 Å². The first kappa shape index (κ1) is 19.0. The van der Waals surface area contributed by atoms with Crippen molar-refractivity contribution in [2.45, 2.75) is 26.4 Å². The van der Waals surface area contributed by atoms with E-state index in [1.807, 2.05) is 26.8 Å². The highest BCUT2D eigenvalue weighted by Gasteiger charge is 2.19. The van der Waals surface area contributed by atoms with Gasteiger partial charge in [0, 0.05) is 13.6 Å². The number of nitrogens with zero attached hydrogens (tertiary/aromatic N) is 1. The lowest BCUT2D eigenvalue weighted by atomic mass is 10.2. The standard InChI is InChI=1S/C17H25NO5/c1-17(2,3)23-16(20)18(4)10-11-21-12-13-22-15(19)14-8-6-5-7-9-14/h5-9H,10-13H2,1-4H3. The van der Waals surface area contributed by atoms with Gasteiger partial charge in [-0.05, 0) is 32.9 Å². The molecule has 0 saturated carbocycles. The molecule has 0 aliphatic heterocycles. The molecule has 0 aliphatic rings. The zero-order valence-electron chi connectivity index (χ0n) is 14.2. The summed E-state index contributed by atoms with van der Waals surface area (Å²) < 4.78 is 15.6. The molecule has 0 radical (unpaired) electrons. The van der Waals surface area contributed by atoms with Crippen LogP contribution in [0.25, 0.3) is 0 Å². The van der Waals surface area contributed by atoms with E-state index in [1.54, 1.807) is 31.3 Å². The van der Waals surface area contributed by atoms with Gasteiger partial charge in [0.1, 0.15) is 12.2 Å². The van der Waals surface area contributed by atoms with Gasteiger partial charge in [-0.1, -0.05) is 18.2 Å². The van der Waals surface area contributed by atoms with Crippen LogP contribution < -0.4 is 0 Å². The first-order chi connectivity index (χ1) is 10.8. The van der Waals surface area contributed by atoms with Gasteiger partial charge >= 0.3 is 12.1 Å². The molecule has 1 rings (SSSR count). The van der Waals surface area contributed by atoms with Crippen molar-refractivity contribution in [2.75, 3.05) is 33.4 Å². The van der Waals surface area contributed by atoms with E-state index in [9.17, 15) is 9.59 Å². The van der Waals surface area contributed by atoms with Crippen molar-refractivity contribution in [1.82, 2.24) is 4.90 Å². The molecule has 0 aliphatic carbocycles. The van der Waals surface area contributed by atoms with E-state index >= 15 is 0 Å². The summed E-state index contributed by atoms with van der Waals surface area (Å²) in [4.78, 5) is 24.8. The summed E-state index contributed by atoms with van der Waals surface area (Å²) in [6, 6.07) is 8.78. The Morgan fingerprint density at radius 1 is 1.04 bits per heavy atom. The number of hydrogen-bond donors (Lipinski definition) is 0. The molecule has 0 unspecified atom stereocenters. The third-order valence-corrected chi connectivity index (χ3v) is 2.75. The fourth-order valence-corrected chi connectivity index (χ4v) is 1.59. The molecule has 0 saturated heterocycles. The number of carbonyl (C=O) groups excluding carboxylic acids is 2. The predicted octanol–water partition coefficient (Wildman–Crippen LogP) is 2.73. The Hall–Kier alpha value is -2.08. The van der Waals surface area contributed by atoms with E-state index < -0.39 is 11.7 Å². The van der Waals surface area contributed by atoms with Crippen molar-refractivity contribution >= 4 is 12.1 Å². The number of amides is 1. The third-order valence-electron chi connectivity index (χ3n) is 2.75. The van der Waals surface area contributed by atoms with Crippen LogP contribution in [0.15, 0.2) is 30.3 Å². The highest BCUT2D eigenvalue weighted by atomic mass is 16.6. The van der Waals surface area contributed by atoms with Crippen LogP contribution in [0.3, 0.4) is 0 Å². The molecule has 1 aromatic carbocycles. The number of carbonyl (C=O) groups is 2. The number of likely N-dealkylation sites (N-methyl/N-ethyl adjacent to an activating group) is 1. The van der Waals surface area contributed by atoms with Crippen LogP contribution in [0.5, 0.6) is 0 Å². The molecule has 0 N–H and O–H groups in total. The summed E-state index contributed by atoms with van der Waals surface area (Å²) >= 11 is 0. The minimum atomic E-state index is -0.516. The molecule has 0 fully saturated rings. The Morgan fingerprint density at radius 3 is 2.30 bits per heavy atom. The summed E-state index contributed by atoms with van der Waals surface area (Å²) in [5, 5.41) is 0. The van der Waals surface area contributed by atoms with Gasteiger partial charge in [0.05, 0.1) is 18.8 Å². The average Bonchev–Trinajstić information content (AvgIpc) is 2.49. The average molecular weight is 323 g/mol. The molecule has 1 amide bonds. The van der Waals surface area contributed by atoms with Gasteiger partial charge in [0.15, 0.2) is 0 Å². The molecule has 128 valence electrons. The maximum Gasteiger partial charge on any atom is 0.410 e. The zero-order chi connectivity index (χ0) is 17.3. The molecular formula is C17H25NO5. The Bertz CT molecular complexity index is 495. The van der Waals surface area contributed by atoms with Crippen molar-refractivity contribution in [3.63, 3.8) is 0 Å². The number of esters is 1. The van der Waals surface area contributed by atoms with Crippen molar-refractivity contribution in [1.29, 1.82) is 0 Å². The zero-order valence-corrected chi connectivity index (χ0v) is 14.2. The molecule has 1 aromatic rings. The number of hydrogen-bond acceptors (Lipinski definition) is 5. The minimum Gasteiger partial charge on any atom is -0.460 e. The lowest BCUT2D eigenvalue weighted by molar-refractivity contribution is 0.0163. The van der Waals surface area contributed by atoms with Crippen molar-refractivity contribution in [3.05, 3.63) is 35.9 Å². The van der Waals surface area contributed by atoms with E-state index in [-0.39, 0.29) is 19.2 Å². The van der Waals surface area contributed by atoms with Crippen LogP contribution in [0.2, 0.25) is 0 Å². The van der Waals surface area contributed by atoms with E-state index in [2.05, 4.69) is 0 Å². The van der Waals surface area contributed by atoms with Crippen molar-refractivity contribution < 1.29 is 23.8 Å². The highest BCUT2D eigenvalue weighted by molar-refractivity contribution is 5.89. The summed E-state index contributed by atoms with van der Waals surface area (Å²) in [6.45, 7) is 6.65. The summed E-state index contributed by atoms with van der Waals surface area (Å²) in [5.74, 6) is -0.375. The molecule has 0 heterocycles. The van der Waals surface area contributed by atoms with Gasteiger partial charge in [0.25, 0.3) is 0 Å². The quantitative estimate of drug-likeness (QED) is 0.570. The molecule has 0 aromatic heterocycles. The molecule has 0 atom stereocenters. The maximum atomic E-state index is 11.7. The van der Waals surface area contributed by atoms with Gasteiger partial charge in [0.2, 0.25) is 0 Å². The maximum absolute atomic E-state index is 11.7. The summed E-state index contributed by atoms with van der Waals surface area (Å²) in [7, 11) is 1.65. The molecular weight excluding hydrogens is 298 g/mol. The lowest BCUT2D eigenvalue weighted by Gasteiger charge is -2.24. The lowest BCUT2D eigenvalue weighted by Crippen LogP contribution is -2.36. The first-order valence-electron chi connectivity index (χ1n) is 7.53. The van der Waals surface area contributed by atoms with E-state index in [4.69, 9.17) is 14.2 Å². The molecule has 23 heavy (non-hydrogen) atoms. The molecule has 6 heteroatoms. The van der Waals surface area contributed by atoms with Gasteiger partial charge < -0.3 is 19.1 Å². The minimum absolute atomic E-state index is 0.171. The van der Waals surface area contributed by atoms with Crippen LogP contribution in [0, 0.1) is 0 Å². The van der Waals surface area contributed by atoms with E-state index in [0.29, 0.717) is 18.7 Å². The van der Waals surface area contributed by atoms with Crippen molar-refractivity contribution in [3.8, 4) is 0 Å². The second kappa shape index (κ2) is 9.15. The second-order valence-corrected chi connectivity index (χ2v) is 6.02. The second-order valence-electron chi connectivity index (χ2n) is 6.02. The van der Waals surface area contributed by atoms with Crippen molar-refractivity contribution in [2.24, 2.45) is 0 Å². The van der Waals surface area contributed by atoms with Crippen LogP contribution in [-0.2, 0) is 14.2 Å². The Balaban J connectivity index is 2.11. The van der Waals surface area contributed by atoms with E-state index in [0.717, 1.165) is 0 Å². The van der Waals surface area contributed by atoms with Gasteiger partial charge in [-0.15, -0.1) is 0 Å². The predicted molar refractivity (Wildman–Crippen MR) is 86.4 cm³/mol. The van der Waals surface area contributed by atoms with Gasteiger partial charge in [-0.25, -0.2) is 9.59 Å². The molecule has 6 nitrogen and oxygen atoms in total. The summed E-state index contributed by atoms with van der Waals surface area (Å²) in [6.07, 6.45) is -0.392. The SMILES string of the molecule is CN(CCOCCOC(=O)c1ccccc1)C(=O)OC(C)(C)C. The van der Waals surface area contributed by atoms with Gasteiger partial charge in [-0.3, -0.25) is 0 Å². The van der Waals surface area contributed by atoms with E-state index in [1.165, 1.54) is 4.90 Å². The molecule has 0 spiro atoms. The molecule has 0 bridgehead atoms. The van der Waals surface area contributed by atoms with Gasteiger partial charge in [-0.2, -0.15) is 0 Å². The Labute approximate surface area is 137 Å². The van der Waals surface area contributed by atoms with Crippen LogP contribution in [0.4, 0.5) is 4.79 Å². The monoisotopic (exact) mass is 323 g/mol. The Morgan fingerprint density at radius 2 is 1.70 bits per heavy atom. The Kier molecular flexibility index (Phi) is 7.54. The number of ether oxygens (including phenoxy) is 3. The fourth-order valence-electron chi connectivity index (χ4n) is 1.59. The largest absolute Gasteiger partial charge is 0.460 e. The summed E-state index contributed by atoms with van der Waals surface area (Å²) in [5.41, 5.74) is -0.00477.